The molecule has 7 heteroatoms. The van der Waals surface area contributed by atoms with Gasteiger partial charge < -0.3 is 10.1 Å². The molecule has 2 aliphatic rings. The van der Waals surface area contributed by atoms with Crippen molar-refractivity contribution in [2.75, 3.05) is 26.2 Å². The first-order valence-corrected chi connectivity index (χ1v) is 11.6. The third kappa shape index (κ3) is 4.52. The van der Waals surface area contributed by atoms with E-state index < -0.39 is 12.4 Å². The molecule has 0 bridgehead atoms. The minimum Gasteiger partial charge on any atom is -0.478 e. The van der Waals surface area contributed by atoms with Gasteiger partial charge in [-0.3, -0.25) is 9.80 Å². The summed E-state index contributed by atoms with van der Waals surface area (Å²) in [7, 11) is 0. The smallest absolute Gasteiger partial charge is 0.335 e. The van der Waals surface area contributed by atoms with Crippen LogP contribution in [0.25, 0.3) is 10.9 Å². The molecule has 33 heavy (non-hydrogen) atoms. The van der Waals surface area contributed by atoms with Gasteiger partial charge in [-0.15, -0.1) is 0 Å². The molecule has 1 aliphatic heterocycles. The number of aromatic carboxylic acids is 1. The summed E-state index contributed by atoms with van der Waals surface area (Å²) in [6.07, 6.45) is 2.04. The van der Waals surface area contributed by atoms with Crippen molar-refractivity contribution < 1.29 is 18.7 Å². The standard InChI is InChI=1S/C26H29F2N3O2/c1-16-12-21(17-2-3-17)22(20-8-9-29-25(16)20)13-31-11-10-30(15-24(27)28)14-23(31)18-4-6-19(7-5-18)26(32)33/h4-9,12,17,23-24,29H,2-3,10-11,13-15H2,1H3,(H,32,33)/t23-/m1/s1. The molecule has 1 saturated carbocycles. The predicted octanol–water partition coefficient (Wildman–Crippen LogP) is 5.18. The van der Waals surface area contributed by atoms with Crippen LogP contribution in [0, 0.1) is 6.92 Å². The molecule has 2 N–H and O–H groups in total. The number of fused-ring (bicyclic) bond motifs is 1. The van der Waals surface area contributed by atoms with E-state index >= 15 is 0 Å². The van der Waals surface area contributed by atoms with E-state index in [1.165, 1.54) is 34.9 Å². The first-order chi connectivity index (χ1) is 15.9. The highest BCUT2D eigenvalue weighted by Crippen LogP contribution is 2.45. The molecule has 2 heterocycles. The van der Waals surface area contributed by atoms with Gasteiger partial charge in [0.1, 0.15) is 0 Å². The van der Waals surface area contributed by atoms with E-state index in [0.29, 0.717) is 25.6 Å². The molecule has 2 aromatic carbocycles. The number of carbonyl (C=O) groups is 1. The Bertz CT molecular complexity index is 1150. The number of carboxylic acid groups (broad SMARTS) is 1. The summed E-state index contributed by atoms with van der Waals surface area (Å²) in [5, 5.41) is 10.5. The minimum absolute atomic E-state index is 0.0808. The molecule has 2 fully saturated rings. The zero-order valence-corrected chi connectivity index (χ0v) is 18.7. The Morgan fingerprint density at radius 2 is 1.94 bits per heavy atom. The molecule has 1 atom stereocenters. The number of halogens is 2. The largest absolute Gasteiger partial charge is 0.478 e. The number of hydrogen-bond acceptors (Lipinski definition) is 3. The number of aromatic amines is 1. The molecule has 5 rings (SSSR count). The van der Waals surface area contributed by atoms with E-state index in [9.17, 15) is 18.7 Å². The lowest BCUT2D eigenvalue weighted by molar-refractivity contribution is 0.0247. The fourth-order valence-corrected chi connectivity index (χ4v) is 5.22. The van der Waals surface area contributed by atoms with Gasteiger partial charge in [0.25, 0.3) is 6.43 Å². The number of benzene rings is 2. The van der Waals surface area contributed by atoms with Gasteiger partial charge in [-0.05, 0) is 66.1 Å². The van der Waals surface area contributed by atoms with Crippen LogP contribution >= 0.6 is 0 Å². The van der Waals surface area contributed by atoms with Crippen LogP contribution in [-0.4, -0.2) is 58.5 Å². The number of aromatic nitrogens is 1. The van der Waals surface area contributed by atoms with Crippen LogP contribution in [0.4, 0.5) is 8.78 Å². The second-order valence-electron chi connectivity index (χ2n) is 9.37. The van der Waals surface area contributed by atoms with Crippen molar-refractivity contribution >= 4 is 16.9 Å². The van der Waals surface area contributed by atoms with E-state index in [4.69, 9.17) is 0 Å². The maximum Gasteiger partial charge on any atom is 0.335 e. The molecule has 1 saturated heterocycles. The van der Waals surface area contributed by atoms with E-state index in [-0.39, 0.29) is 18.2 Å². The quantitative estimate of drug-likeness (QED) is 0.518. The lowest BCUT2D eigenvalue weighted by atomic mass is 9.94. The van der Waals surface area contributed by atoms with Gasteiger partial charge in [0.05, 0.1) is 12.1 Å². The van der Waals surface area contributed by atoms with Crippen molar-refractivity contribution in [3.05, 3.63) is 70.4 Å². The molecule has 0 unspecified atom stereocenters. The zero-order chi connectivity index (χ0) is 23.1. The summed E-state index contributed by atoms with van der Waals surface area (Å²) < 4.78 is 26.3. The summed E-state index contributed by atoms with van der Waals surface area (Å²) in [5.41, 5.74) is 6.35. The summed E-state index contributed by atoms with van der Waals surface area (Å²) in [6, 6.07) is 11.2. The van der Waals surface area contributed by atoms with E-state index in [2.05, 4.69) is 28.9 Å². The molecule has 0 spiro atoms. The maximum absolute atomic E-state index is 13.1. The highest BCUT2D eigenvalue weighted by molar-refractivity contribution is 5.88. The van der Waals surface area contributed by atoms with Gasteiger partial charge >= 0.3 is 5.97 Å². The number of piperazine rings is 1. The topological polar surface area (TPSA) is 59.6 Å². The Labute approximate surface area is 192 Å². The first kappa shape index (κ1) is 22.0. The van der Waals surface area contributed by atoms with E-state index in [0.717, 1.165) is 17.6 Å². The van der Waals surface area contributed by atoms with Crippen LogP contribution in [0.2, 0.25) is 0 Å². The van der Waals surface area contributed by atoms with Crippen LogP contribution < -0.4 is 0 Å². The van der Waals surface area contributed by atoms with Crippen molar-refractivity contribution in [1.82, 2.24) is 14.8 Å². The molecule has 5 nitrogen and oxygen atoms in total. The predicted molar refractivity (Wildman–Crippen MR) is 124 cm³/mol. The number of aryl methyl sites for hydroxylation is 1. The average molecular weight is 454 g/mol. The van der Waals surface area contributed by atoms with Crippen LogP contribution in [-0.2, 0) is 6.54 Å². The molecular weight excluding hydrogens is 424 g/mol. The summed E-state index contributed by atoms with van der Waals surface area (Å²) in [6.45, 7) is 4.42. The third-order valence-corrected chi connectivity index (χ3v) is 7.08. The Morgan fingerprint density at radius 1 is 1.18 bits per heavy atom. The zero-order valence-electron chi connectivity index (χ0n) is 18.7. The van der Waals surface area contributed by atoms with Crippen LogP contribution in [0.1, 0.15) is 57.4 Å². The molecular formula is C26H29F2N3O2. The van der Waals surface area contributed by atoms with Gasteiger partial charge in [-0.1, -0.05) is 18.2 Å². The summed E-state index contributed by atoms with van der Waals surface area (Å²) >= 11 is 0. The lowest BCUT2D eigenvalue weighted by Crippen LogP contribution is -2.49. The number of alkyl halides is 2. The van der Waals surface area contributed by atoms with Crippen LogP contribution in [0.3, 0.4) is 0 Å². The van der Waals surface area contributed by atoms with E-state index in [1.54, 1.807) is 12.1 Å². The van der Waals surface area contributed by atoms with Crippen LogP contribution in [0.15, 0.2) is 42.6 Å². The number of nitrogens with one attached hydrogen (secondary N) is 1. The molecule has 1 aromatic heterocycles. The molecule has 1 aliphatic carbocycles. The molecule has 174 valence electrons. The fraction of sp³-hybridized carbons (Fsp3) is 0.423. The Hall–Kier alpha value is -2.77. The number of carboxylic acids is 1. The highest BCUT2D eigenvalue weighted by atomic mass is 19.3. The van der Waals surface area contributed by atoms with Crippen molar-refractivity contribution in [3.63, 3.8) is 0 Å². The fourth-order valence-electron chi connectivity index (χ4n) is 5.22. The Kier molecular flexibility index (Phi) is 5.93. The molecule has 0 radical (unpaired) electrons. The summed E-state index contributed by atoms with van der Waals surface area (Å²) in [5.74, 6) is -0.364. The third-order valence-electron chi connectivity index (χ3n) is 7.08. The number of rotatable bonds is 7. The Morgan fingerprint density at radius 3 is 2.61 bits per heavy atom. The van der Waals surface area contributed by atoms with Crippen molar-refractivity contribution in [2.45, 2.75) is 44.7 Å². The van der Waals surface area contributed by atoms with Gasteiger partial charge in [0.2, 0.25) is 0 Å². The van der Waals surface area contributed by atoms with Gasteiger partial charge in [-0.2, -0.15) is 0 Å². The minimum atomic E-state index is -2.37. The number of hydrogen-bond donors (Lipinski definition) is 2. The number of nitrogens with zero attached hydrogens (tertiary/aromatic N) is 2. The molecule has 0 amide bonds. The SMILES string of the molecule is Cc1cc(C2CC2)c(CN2CCN(CC(F)F)C[C@@H]2c2ccc(C(=O)O)cc2)c2cc[nH]c12. The van der Waals surface area contributed by atoms with E-state index in [1.807, 2.05) is 23.2 Å². The second kappa shape index (κ2) is 8.88. The van der Waals surface area contributed by atoms with Gasteiger partial charge in [-0.25, -0.2) is 13.6 Å². The molecule has 3 aromatic rings. The van der Waals surface area contributed by atoms with Crippen LogP contribution in [0.5, 0.6) is 0 Å². The van der Waals surface area contributed by atoms with Crippen molar-refractivity contribution in [1.29, 1.82) is 0 Å². The van der Waals surface area contributed by atoms with Crippen molar-refractivity contribution in [2.24, 2.45) is 0 Å². The number of H-pyrrole nitrogens is 1. The highest BCUT2D eigenvalue weighted by Gasteiger charge is 2.33. The normalized spacial score (nSPS) is 20.1. The van der Waals surface area contributed by atoms with Crippen molar-refractivity contribution in [3.8, 4) is 0 Å². The maximum atomic E-state index is 13.1. The lowest BCUT2D eigenvalue weighted by Gasteiger charge is -2.42. The average Bonchev–Trinajstić information content (AvgIpc) is 3.51. The summed E-state index contributed by atoms with van der Waals surface area (Å²) in [4.78, 5) is 18.9. The monoisotopic (exact) mass is 453 g/mol. The first-order valence-electron chi connectivity index (χ1n) is 11.6. The Balaban J connectivity index is 1.49. The van der Waals surface area contributed by atoms with Gasteiger partial charge in [0, 0.05) is 49.3 Å². The van der Waals surface area contributed by atoms with Gasteiger partial charge in [0.15, 0.2) is 0 Å². The second-order valence-corrected chi connectivity index (χ2v) is 9.37.